The number of benzene rings is 2. The number of aryl methyl sites for hydroxylation is 2. The fourth-order valence-corrected chi connectivity index (χ4v) is 4.75. The van der Waals surface area contributed by atoms with Gasteiger partial charge in [-0.2, -0.15) is 0 Å². The number of hydrogen-bond acceptors (Lipinski definition) is 3. The first-order chi connectivity index (χ1) is 12.9. The summed E-state index contributed by atoms with van der Waals surface area (Å²) in [5.74, 6) is 0.337. The van der Waals surface area contributed by atoms with E-state index >= 15 is 0 Å². The van der Waals surface area contributed by atoms with Crippen molar-refractivity contribution in [3.8, 4) is 0 Å². The molecule has 6 heteroatoms. The summed E-state index contributed by atoms with van der Waals surface area (Å²) in [5, 5.41) is 0. The van der Waals surface area contributed by atoms with Crippen LogP contribution in [-0.4, -0.2) is 20.9 Å². The van der Waals surface area contributed by atoms with Gasteiger partial charge in [-0.25, -0.2) is 8.42 Å². The van der Waals surface area contributed by atoms with Crippen LogP contribution in [0.1, 0.15) is 36.0 Å². The van der Waals surface area contributed by atoms with E-state index in [1.165, 1.54) is 0 Å². The average Bonchev–Trinajstić information content (AvgIpc) is 3.47. The van der Waals surface area contributed by atoms with Crippen molar-refractivity contribution in [1.82, 2.24) is 0 Å². The summed E-state index contributed by atoms with van der Waals surface area (Å²) in [5.41, 5.74) is 4.38. The Labute approximate surface area is 160 Å². The predicted molar refractivity (Wildman–Crippen MR) is 107 cm³/mol. The first-order valence-corrected chi connectivity index (χ1v) is 11.1. The summed E-state index contributed by atoms with van der Waals surface area (Å²) in [6.07, 6.45) is 3.74. The van der Waals surface area contributed by atoms with Crippen molar-refractivity contribution >= 4 is 27.3 Å². The van der Waals surface area contributed by atoms with Gasteiger partial charge in [-0.15, -0.1) is 0 Å². The Morgan fingerprint density at radius 3 is 2.59 bits per heavy atom. The molecule has 1 saturated carbocycles. The van der Waals surface area contributed by atoms with Crippen LogP contribution < -0.4 is 9.62 Å². The van der Waals surface area contributed by atoms with E-state index in [1.54, 1.807) is 6.07 Å². The molecule has 1 fully saturated rings. The third-order valence-electron chi connectivity index (χ3n) is 5.14. The van der Waals surface area contributed by atoms with Crippen molar-refractivity contribution in [2.24, 2.45) is 5.92 Å². The second-order valence-corrected chi connectivity index (χ2v) is 9.28. The molecule has 2 aromatic carbocycles. The van der Waals surface area contributed by atoms with Gasteiger partial charge >= 0.3 is 0 Å². The minimum Gasteiger partial charge on any atom is -0.312 e. The maximum absolute atomic E-state index is 12.5. The number of fused-ring (bicyclic) bond motifs is 1. The Balaban J connectivity index is 1.51. The maximum Gasteiger partial charge on any atom is 0.236 e. The molecule has 0 bridgehead atoms. The largest absolute Gasteiger partial charge is 0.312 e. The standard InChI is InChI=1S/C21H24N2O3S/c1-15-4-6-16(7-5-15)14-27(25,26)22-19-10-11-20-18(13-19)3-2-12-23(20)21(24)17-8-9-17/h4-7,10-11,13,17,22H,2-3,8-9,12,14H2,1H3. The van der Waals surface area contributed by atoms with E-state index in [-0.39, 0.29) is 17.6 Å². The van der Waals surface area contributed by atoms with Crippen LogP contribution in [0.5, 0.6) is 0 Å². The van der Waals surface area contributed by atoms with Crippen LogP contribution in [0, 0.1) is 12.8 Å². The van der Waals surface area contributed by atoms with Gasteiger partial charge in [0.25, 0.3) is 0 Å². The summed E-state index contributed by atoms with van der Waals surface area (Å²) in [6.45, 7) is 2.72. The van der Waals surface area contributed by atoms with Gasteiger partial charge in [0.05, 0.1) is 5.75 Å². The number of sulfonamides is 1. The van der Waals surface area contributed by atoms with E-state index in [9.17, 15) is 13.2 Å². The van der Waals surface area contributed by atoms with Gasteiger partial charge in [-0.3, -0.25) is 9.52 Å². The summed E-state index contributed by atoms with van der Waals surface area (Å²) in [7, 11) is -3.49. The molecule has 4 rings (SSSR count). The van der Waals surface area contributed by atoms with Crippen LogP contribution in [0.4, 0.5) is 11.4 Å². The monoisotopic (exact) mass is 384 g/mol. The molecule has 1 amide bonds. The van der Waals surface area contributed by atoms with Crippen molar-refractivity contribution in [2.75, 3.05) is 16.2 Å². The third kappa shape index (κ3) is 4.16. The highest BCUT2D eigenvalue weighted by Crippen LogP contribution is 2.36. The number of carbonyl (C=O) groups excluding carboxylic acids is 1. The fourth-order valence-electron chi connectivity index (χ4n) is 3.56. The quantitative estimate of drug-likeness (QED) is 0.856. The lowest BCUT2D eigenvalue weighted by Crippen LogP contribution is -2.36. The van der Waals surface area contributed by atoms with Gasteiger partial charge in [0, 0.05) is 23.8 Å². The molecule has 0 saturated heterocycles. The minimum absolute atomic E-state index is 0.0589. The molecule has 2 aromatic rings. The first kappa shape index (κ1) is 18.0. The molecule has 142 valence electrons. The number of rotatable bonds is 5. The van der Waals surface area contributed by atoms with E-state index in [0.717, 1.165) is 54.6 Å². The molecule has 0 radical (unpaired) electrons. The molecular formula is C21H24N2O3S. The molecule has 1 heterocycles. The third-order valence-corrected chi connectivity index (χ3v) is 6.40. The second-order valence-electron chi connectivity index (χ2n) is 7.56. The molecule has 27 heavy (non-hydrogen) atoms. The highest BCUT2D eigenvalue weighted by molar-refractivity contribution is 7.91. The molecule has 0 spiro atoms. The molecule has 1 N–H and O–H groups in total. The van der Waals surface area contributed by atoms with E-state index in [0.29, 0.717) is 5.69 Å². The highest BCUT2D eigenvalue weighted by Gasteiger charge is 2.35. The van der Waals surface area contributed by atoms with Crippen LogP contribution in [0.2, 0.25) is 0 Å². The number of nitrogens with zero attached hydrogens (tertiary/aromatic N) is 1. The van der Waals surface area contributed by atoms with Crippen molar-refractivity contribution in [1.29, 1.82) is 0 Å². The molecule has 2 aliphatic rings. The van der Waals surface area contributed by atoms with Crippen LogP contribution in [0.25, 0.3) is 0 Å². The van der Waals surface area contributed by atoms with Crippen molar-refractivity contribution in [3.05, 3.63) is 59.2 Å². The van der Waals surface area contributed by atoms with E-state index in [1.807, 2.05) is 48.2 Å². The van der Waals surface area contributed by atoms with Crippen molar-refractivity contribution in [3.63, 3.8) is 0 Å². The van der Waals surface area contributed by atoms with Gasteiger partial charge in [0.15, 0.2) is 0 Å². The van der Waals surface area contributed by atoms with Crippen LogP contribution in [-0.2, 0) is 27.0 Å². The molecule has 1 aliphatic heterocycles. The molecule has 0 atom stereocenters. The minimum atomic E-state index is -3.49. The lowest BCUT2D eigenvalue weighted by molar-refractivity contribution is -0.119. The molecule has 0 aromatic heterocycles. The van der Waals surface area contributed by atoms with Gasteiger partial charge in [-0.1, -0.05) is 29.8 Å². The van der Waals surface area contributed by atoms with E-state index in [4.69, 9.17) is 0 Å². The van der Waals surface area contributed by atoms with Gasteiger partial charge in [0.1, 0.15) is 0 Å². The van der Waals surface area contributed by atoms with Gasteiger partial charge in [0.2, 0.25) is 15.9 Å². The van der Waals surface area contributed by atoms with Crippen molar-refractivity contribution < 1.29 is 13.2 Å². The molecule has 0 unspecified atom stereocenters. The summed E-state index contributed by atoms with van der Waals surface area (Å²) < 4.78 is 27.7. The van der Waals surface area contributed by atoms with Crippen molar-refractivity contribution in [2.45, 2.75) is 38.4 Å². The summed E-state index contributed by atoms with van der Waals surface area (Å²) in [6, 6.07) is 13.0. The molecule has 5 nitrogen and oxygen atoms in total. The fraction of sp³-hybridized carbons (Fsp3) is 0.381. The second kappa shape index (κ2) is 7.00. The lowest BCUT2D eigenvalue weighted by atomic mass is 10.0. The molecule has 1 aliphatic carbocycles. The van der Waals surface area contributed by atoms with Crippen LogP contribution in [0.15, 0.2) is 42.5 Å². The smallest absolute Gasteiger partial charge is 0.236 e. The SMILES string of the molecule is Cc1ccc(CS(=O)(=O)Nc2ccc3c(c2)CCCN3C(=O)C2CC2)cc1. The summed E-state index contributed by atoms with van der Waals surface area (Å²) in [4.78, 5) is 14.4. The van der Waals surface area contributed by atoms with Gasteiger partial charge < -0.3 is 4.90 Å². The van der Waals surface area contributed by atoms with E-state index in [2.05, 4.69) is 4.72 Å². The zero-order chi connectivity index (χ0) is 19.0. The van der Waals surface area contributed by atoms with Gasteiger partial charge in [-0.05, 0) is 61.9 Å². The highest BCUT2D eigenvalue weighted by atomic mass is 32.2. The Hall–Kier alpha value is -2.34. The zero-order valence-electron chi connectivity index (χ0n) is 15.4. The number of anilines is 2. The molecular weight excluding hydrogens is 360 g/mol. The predicted octanol–water partition coefficient (Wildman–Crippen LogP) is 3.63. The van der Waals surface area contributed by atoms with Crippen LogP contribution >= 0.6 is 0 Å². The van der Waals surface area contributed by atoms with Crippen LogP contribution in [0.3, 0.4) is 0 Å². The van der Waals surface area contributed by atoms with E-state index < -0.39 is 10.0 Å². The Bertz CT molecular complexity index is 963. The Morgan fingerprint density at radius 1 is 1.15 bits per heavy atom. The Morgan fingerprint density at radius 2 is 1.89 bits per heavy atom. The maximum atomic E-state index is 12.5. The topological polar surface area (TPSA) is 66.5 Å². The zero-order valence-corrected chi connectivity index (χ0v) is 16.3. The number of nitrogens with one attached hydrogen (secondary N) is 1. The number of hydrogen-bond donors (Lipinski definition) is 1. The number of carbonyl (C=O) groups is 1. The average molecular weight is 385 g/mol. The number of amides is 1. The summed E-state index contributed by atoms with van der Waals surface area (Å²) >= 11 is 0. The first-order valence-electron chi connectivity index (χ1n) is 9.42. The normalized spacial score (nSPS) is 16.7. The lowest BCUT2D eigenvalue weighted by Gasteiger charge is -2.30. The Kier molecular flexibility index (Phi) is 4.68.